The van der Waals surface area contributed by atoms with Crippen molar-refractivity contribution in [3.05, 3.63) is 48.5 Å². The normalized spacial score (nSPS) is 17.2. The predicted octanol–water partition coefficient (Wildman–Crippen LogP) is 3.95. The fourth-order valence-corrected chi connectivity index (χ4v) is 5.47. The van der Waals surface area contributed by atoms with Crippen LogP contribution in [-0.4, -0.2) is 34.0 Å². The van der Waals surface area contributed by atoms with Crippen molar-refractivity contribution in [3.8, 4) is 11.4 Å². The molecular weight excluding hydrogens is 412 g/mol. The van der Waals surface area contributed by atoms with E-state index in [0.29, 0.717) is 12.0 Å². The molecule has 0 radical (unpaired) electrons. The van der Waals surface area contributed by atoms with Gasteiger partial charge in [0.25, 0.3) is 0 Å². The van der Waals surface area contributed by atoms with Gasteiger partial charge in [-0.25, -0.2) is 28.1 Å². The van der Waals surface area contributed by atoms with Gasteiger partial charge in [-0.05, 0) is 62.9 Å². The Labute approximate surface area is 182 Å². The van der Waals surface area contributed by atoms with E-state index in [2.05, 4.69) is 29.6 Å². The van der Waals surface area contributed by atoms with E-state index in [9.17, 15) is 8.42 Å². The molecule has 3 aromatic rings. The number of anilines is 2. The number of aromatic nitrogens is 4. The van der Waals surface area contributed by atoms with Crippen molar-refractivity contribution < 1.29 is 8.42 Å². The van der Waals surface area contributed by atoms with Crippen molar-refractivity contribution >= 4 is 21.7 Å². The topological polar surface area (TPSA) is 102 Å². The molecule has 2 saturated carbocycles. The lowest BCUT2D eigenvalue weighted by atomic mass is 10.2. The van der Waals surface area contributed by atoms with Crippen LogP contribution in [-0.2, 0) is 10.0 Å². The summed E-state index contributed by atoms with van der Waals surface area (Å²) in [5, 5.41) is 3.17. The van der Waals surface area contributed by atoms with Gasteiger partial charge >= 0.3 is 0 Å². The first-order chi connectivity index (χ1) is 15.0. The quantitative estimate of drug-likeness (QED) is 0.579. The summed E-state index contributed by atoms with van der Waals surface area (Å²) >= 11 is 0. The van der Waals surface area contributed by atoms with E-state index in [1.807, 2.05) is 19.2 Å². The molecule has 2 N–H and O–H groups in total. The highest BCUT2D eigenvalue weighted by Gasteiger charge is 2.28. The number of nitrogens with zero attached hydrogens (tertiary/aromatic N) is 4. The van der Waals surface area contributed by atoms with E-state index in [1.165, 1.54) is 25.7 Å². The van der Waals surface area contributed by atoms with Gasteiger partial charge in [0.2, 0.25) is 16.0 Å². The minimum absolute atomic E-state index is 0.0836. The molecule has 0 atom stereocenters. The highest BCUT2D eigenvalue weighted by Crippen LogP contribution is 2.34. The van der Waals surface area contributed by atoms with E-state index in [1.54, 1.807) is 30.5 Å². The third kappa shape index (κ3) is 4.33. The smallest absolute Gasteiger partial charge is 0.240 e. The van der Waals surface area contributed by atoms with Crippen LogP contribution in [0.5, 0.6) is 0 Å². The van der Waals surface area contributed by atoms with Crippen LogP contribution in [0.2, 0.25) is 0 Å². The van der Waals surface area contributed by atoms with Crippen molar-refractivity contribution in [1.82, 2.24) is 24.2 Å². The molecule has 0 bridgehead atoms. The van der Waals surface area contributed by atoms with Gasteiger partial charge < -0.3 is 9.88 Å². The van der Waals surface area contributed by atoms with Gasteiger partial charge in [-0.15, -0.1) is 0 Å². The molecule has 1 aromatic carbocycles. The minimum Gasteiger partial charge on any atom is -0.324 e. The largest absolute Gasteiger partial charge is 0.324 e. The molecular formula is C22H26N6O2S. The number of rotatable bonds is 7. The Hall–Kier alpha value is -2.78. The van der Waals surface area contributed by atoms with E-state index >= 15 is 0 Å². The second-order valence-electron chi connectivity index (χ2n) is 8.31. The Morgan fingerprint density at radius 3 is 2.45 bits per heavy atom. The standard InChI is InChI=1S/C22H26N6O2S/c1-15-24-14-21(28(15)18-4-2-3-5-18)20-12-13-23-22(26-20)25-16-8-10-19(11-9-16)31(29,30)27-17-6-7-17/h8-14,17-18,27H,2-7H2,1H3,(H,23,25,26). The summed E-state index contributed by atoms with van der Waals surface area (Å²) in [4.78, 5) is 13.8. The maximum Gasteiger partial charge on any atom is 0.240 e. The van der Waals surface area contributed by atoms with Crippen LogP contribution in [0, 0.1) is 6.92 Å². The highest BCUT2D eigenvalue weighted by molar-refractivity contribution is 7.89. The lowest BCUT2D eigenvalue weighted by Gasteiger charge is -2.17. The second kappa shape index (κ2) is 8.05. The Balaban J connectivity index is 1.36. The zero-order valence-electron chi connectivity index (χ0n) is 17.5. The summed E-state index contributed by atoms with van der Waals surface area (Å²) < 4.78 is 29.7. The number of imidazole rings is 1. The molecule has 0 aliphatic heterocycles. The molecule has 0 unspecified atom stereocenters. The van der Waals surface area contributed by atoms with Gasteiger partial charge in [-0.1, -0.05) is 12.8 Å². The first-order valence-corrected chi connectivity index (χ1v) is 12.2. The third-order valence-corrected chi connectivity index (χ3v) is 7.45. The number of hydrogen-bond donors (Lipinski definition) is 2. The van der Waals surface area contributed by atoms with E-state index < -0.39 is 10.0 Å². The van der Waals surface area contributed by atoms with Gasteiger partial charge in [0.15, 0.2) is 0 Å². The molecule has 0 spiro atoms. The molecule has 2 fully saturated rings. The van der Waals surface area contributed by atoms with Crippen LogP contribution < -0.4 is 10.0 Å². The first kappa shape index (κ1) is 20.1. The number of hydrogen-bond acceptors (Lipinski definition) is 6. The van der Waals surface area contributed by atoms with Gasteiger partial charge in [-0.3, -0.25) is 0 Å². The molecule has 2 heterocycles. The van der Waals surface area contributed by atoms with E-state index in [0.717, 1.165) is 35.7 Å². The summed E-state index contributed by atoms with van der Waals surface area (Å²) in [7, 11) is -3.46. The van der Waals surface area contributed by atoms with Gasteiger partial charge in [0, 0.05) is 24.0 Å². The van der Waals surface area contributed by atoms with Crippen molar-refractivity contribution in [1.29, 1.82) is 0 Å². The lowest BCUT2D eigenvalue weighted by Crippen LogP contribution is -2.25. The molecule has 2 aromatic heterocycles. The number of aryl methyl sites for hydroxylation is 1. The van der Waals surface area contributed by atoms with Crippen LogP contribution in [0.4, 0.5) is 11.6 Å². The first-order valence-electron chi connectivity index (χ1n) is 10.8. The number of nitrogens with one attached hydrogen (secondary N) is 2. The second-order valence-corrected chi connectivity index (χ2v) is 10.0. The van der Waals surface area contributed by atoms with Crippen molar-refractivity contribution in [3.63, 3.8) is 0 Å². The average molecular weight is 439 g/mol. The maximum absolute atomic E-state index is 12.3. The molecule has 0 amide bonds. The molecule has 162 valence electrons. The van der Waals surface area contributed by atoms with E-state index in [4.69, 9.17) is 0 Å². The third-order valence-electron chi connectivity index (χ3n) is 5.91. The molecule has 9 heteroatoms. The Bertz CT molecular complexity index is 1180. The summed E-state index contributed by atoms with van der Waals surface area (Å²) in [5.41, 5.74) is 2.54. The predicted molar refractivity (Wildman–Crippen MR) is 119 cm³/mol. The number of sulfonamides is 1. The zero-order valence-corrected chi connectivity index (χ0v) is 18.3. The SMILES string of the molecule is Cc1ncc(-c2ccnc(Nc3ccc(S(=O)(=O)NC4CC4)cc3)n2)n1C1CCCC1. The Morgan fingerprint density at radius 2 is 1.74 bits per heavy atom. The summed E-state index contributed by atoms with van der Waals surface area (Å²) in [6, 6.07) is 9.09. The monoisotopic (exact) mass is 438 g/mol. The summed E-state index contributed by atoms with van der Waals surface area (Å²) in [6.45, 7) is 2.04. The van der Waals surface area contributed by atoms with Gasteiger partial charge in [0.05, 0.1) is 22.5 Å². The van der Waals surface area contributed by atoms with Crippen LogP contribution in [0.15, 0.2) is 47.6 Å². The lowest BCUT2D eigenvalue weighted by molar-refractivity contribution is 0.510. The van der Waals surface area contributed by atoms with Crippen LogP contribution in [0.1, 0.15) is 50.4 Å². The molecule has 5 rings (SSSR count). The minimum atomic E-state index is -3.46. The molecule has 2 aliphatic rings. The Kier molecular flexibility index (Phi) is 5.23. The van der Waals surface area contributed by atoms with Gasteiger partial charge in [-0.2, -0.15) is 0 Å². The fourth-order valence-electron chi connectivity index (χ4n) is 4.16. The van der Waals surface area contributed by atoms with Crippen LogP contribution >= 0.6 is 0 Å². The van der Waals surface area contributed by atoms with Crippen LogP contribution in [0.25, 0.3) is 11.4 Å². The zero-order chi connectivity index (χ0) is 21.4. The maximum atomic E-state index is 12.3. The van der Waals surface area contributed by atoms with Crippen LogP contribution in [0.3, 0.4) is 0 Å². The molecule has 0 saturated heterocycles. The molecule has 31 heavy (non-hydrogen) atoms. The molecule has 2 aliphatic carbocycles. The van der Waals surface area contributed by atoms with Crippen molar-refractivity contribution in [2.24, 2.45) is 0 Å². The summed E-state index contributed by atoms with van der Waals surface area (Å²) in [5.74, 6) is 1.47. The Morgan fingerprint density at radius 1 is 1.00 bits per heavy atom. The van der Waals surface area contributed by atoms with E-state index in [-0.39, 0.29) is 10.9 Å². The molecule has 8 nitrogen and oxygen atoms in total. The highest BCUT2D eigenvalue weighted by atomic mass is 32.2. The fraction of sp³-hybridized carbons (Fsp3) is 0.409. The van der Waals surface area contributed by atoms with Crippen molar-refractivity contribution in [2.45, 2.75) is 62.4 Å². The number of benzene rings is 1. The summed E-state index contributed by atoms with van der Waals surface area (Å²) in [6.07, 6.45) is 10.3. The van der Waals surface area contributed by atoms with Gasteiger partial charge in [0.1, 0.15) is 5.82 Å². The van der Waals surface area contributed by atoms with Crippen molar-refractivity contribution in [2.75, 3.05) is 5.32 Å². The average Bonchev–Trinajstić information content (AvgIpc) is 3.23.